The van der Waals surface area contributed by atoms with Gasteiger partial charge in [0, 0.05) is 5.56 Å². The Morgan fingerprint density at radius 1 is 1.12 bits per heavy atom. The summed E-state index contributed by atoms with van der Waals surface area (Å²) in [5.74, 6) is 0.359. The Morgan fingerprint density at radius 3 is 2.62 bits per heavy atom. The molecule has 1 heterocycles. The number of hydrogen-bond acceptors (Lipinski definition) is 5. The first-order chi connectivity index (χ1) is 15.5. The maximum Gasteiger partial charge on any atom is 0.264 e. The van der Waals surface area contributed by atoms with Gasteiger partial charge >= 0.3 is 0 Å². The number of methoxy groups -OCH3 is 1. The van der Waals surface area contributed by atoms with Gasteiger partial charge in [-0.25, -0.2) is 9.38 Å². The molecule has 0 saturated carbocycles. The van der Waals surface area contributed by atoms with Gasteiger partial charge in [0.05, 0.1) is 22.2 Å². The molecule has 1 amide bonds. The van der Waals surface area contributed by atoms with Gasteiger partial charge in [-0.15, -0.1) is 0 Å². The number of benzene rings is 3. The average molecular weight is 513 g/mol. The number of amides is 1. The van der Waals surface area contributed by atoms with Gasteiger partial charge in [-0.05, 0) is 69.7 Å². The van der Waals surface area contributed by atoms with Crippen LogP contribution in [-0.4, -0.2) is 18.2 Å². The van der Waals surface area contributed by atoms with E-state index in [4.69, 9.17) is 9.47 Å². The molecule has 3 aromatic rings. The molecule has 5 nitrogen and oxygen atoms in total. The zero-order valence-electron chi connectivity index (χ0n) is 17.0. The number of ether oxygens (including phenoxy) is 2. The predicted octanol–water partition coefficient (Wildman–Crippen LogP) is 6.07. The quantitative estimate of drug-likeness (QED) is 0.407. The van der Waals surface area contributed by atoms with Gasteiger partial charge in [0.1, 0.15) is 12.4 Å². The number of halogens is 2. The number of thioether (sulfide) groups is 1. The minimum absolute atomic E-state index is 0.0552. The molecule has 1 N–H and O–H groups in total. The molecule has 4 rings (SSSR count). The van der Waals surface area contributed by atoms with Crippen LogP contribution in [0.15, 0.2) is 81.1 Å². The van der Waals surface area contributed by atoms with Crippen molar-refractivity contribution in [3.05, 3.63) is 93.1 Å². The van der Waals surface area contributed by atoms with Crippen molar-refractivity contribution in [3.63, 3.8) is 0 Å². The fraction of sp³-hybridized carbons (Fsp3) is 0.0833. The van der Waals surface area contributed by atoms with Crippen LogP contribution in [0.1, 0.15) is 11.1 Å². The Morgan fingerprint density at radius 2 is 1.88 bits per heavy atom. The summed E-state index contributed by atoms with van der Waals surface area (Å²) in [6.45, 7) is 0.0552. The highest BCUT2D eigenvalue weighted by molar-refractivity contribution is 9.10. The van der Waals surface area contributed by atoms with Crippen molar-refractivity contribution in [2.24, 2.45) is 4.99 Å². The summed E-state index contributed by atoms with van der Waals surface area (Å²) in [5, 5.41) is 3.29. The highest BCUT2D eigenvalue weighted by atomic mass is 79.9. The van der Waals surface area contributed by atoms with E-state index in [2.05, 4.69) is 26.2 Å². The molecule has 3 aromatic carbocycles. The molecule has 1 aliphatic heterocycles. The fourth-order valence-electron chi connectivity index (χ4n) is 2.98. The number of para-hydroxylation sites is 1. The molecule has 1 fully saturated rings. The Hall–Kier alpha value is -3.10. The van der Waals surface area contributed by atoms with Crippen LogP contribution < -0.4 is 14.8 Å². The summed E-state index contributed by atoms with van der Waals surface area (Å²) in [7, 11) is 1.52. The maximum absolute atomic E-state index is 13.9. The van der Waals surface area contributed by atoms with Gasteiger partial charge in [0.15, 0.2) is 16.7 Å². The normalized spacial score (nSPS) is 15.8. The molecule has 0 atom stereocenters. The molecule has 0 radical (unpaired) electrons. The SMILES string of the molecule is COc1cc(/C=C2\SC(=Nc3ccccc3)NC2=O)cc(Br)c1OCc1ccccc1F. The summed E-state index contributed by atoms with van der Waals surface area (Å²) in [4.78, 5) is 17.3. The monoisotopic (exact) mass is 512 g/mol. The zero-order valence-corrected chi connectivity index (χ0v) is 19.4. The van der Waals surface area contributed by atoms with Gasteiger partial charge in [-0.1, -0.05) is 36.4 Å². The van der Waals surface area contributed by atoms with E-state index in [9.17, 15) is 9.18 Å². The first-order valence-electron chi connectivity index (χ1n) is 9.62. The van der Waals surface area contributed by atoms with Crippen LogP contribution >= 0.6 is 27.7 Å². The lowest BCUT2D eigenvalue weighted by Crippen LogP contribution is -2.19. The number of rotatable bonds is 6. The third kappa shape index (κ3) is 5.20. The summed E-state index contributed by atoms with van der Waals surface area (Å²) >= 11 is 4.75. The molecule has 0 bridgehead atoms. The molecule has 1 saturated heterocycles. The number of nitrogens with one attached hydrogen (secondary N) is 1. The lowest BCUT2D eigenvalue weighted by atomic mass is 10.1. The third-order valence-electron chi connectivity index (χ3n) is 4.52. The zero-order chi connectivity index (χ0) is 22.5. The molecular formula is C24H18BrFN2O3S. The molecule has 0 unspecified atom stereocenters. The smallest absolute Gasteiger partial charge is 0.264 e. The van der Waals surface area contributed by atoms with Crippen LogP contribution in [0.25, 0.3) is 6.08 Å². The number of hydrogen-bond donors (Lipinski definition) is 1. The van der Waals surface area contributed by atoms with E-state index in [0.717, 1.165) is 11.3 Å². The lowest BCUT2D eigenvalue weighted by molar-refractivity contribution is -0.115. The van der Waals surface area contributed by atoms with Crippen molar-refractivity contribution < 1.29 is 18.7 Å². The molecule has 32 heavy (non-hydrogen) atoms. The minimum Gasteiger partial charge on any atom is -0.493 e. The lowest BCUT2D eigenvalue weighted by Gasteiger charge is -2.14. The van der Waals surface area contributed by atoms with Crippen molar-refractivity contribution in [2.45, 2.75) is 6.61 Å². The van der Waals surface area contributed by atoms with Crippen molar-refractivity contribution >= 4 is 50.5 Å². The van der Waals surface area contributed by atoms with Gasteiger partial charge < -0.3 is 14.8 Å². The van der Waals surface area contributed by atoms with Crippen molar-refractivity contribution in [1.29, 1.82) is 0 Å². The van der Waals surface area contributed by atoms with E-state index in [1.54, 1.807) is 30.3 Å². The molecular weight excluding hydrogens is 495 g/mol. The van der Waals surface area contributed by atoms with Gasteiger partial charge in [0.2, 0.25) is 0 Å². The first kappa shape index (κ1) is 22.1. The van der Waals surface area contributed by atoms with Crippen LogP contribution in [-0.2, 0) is 11.4 Å². The second-order valence-corrected chi connectivity index (χ2v) is 8.62. The predicted molar refractivity (Wildman–Crippen MR) is 129 cm³/mol. The van der Waals surface area contributed by atoms with E-state index in [1.807, 2.05) is 36.4 Å². The number of carbonyl (C=O) groups is 1. The highest BCUT2D eigenvalue weighted by Crippen LogP contribution is 2.39. The summed E-state index contributed by atoms with van der Waals surface area (Å²) in [6.07, 6.45) is 1.75. The Bertz CT molecular complexity index is 1220. The first-order valence-corrected chi connectivity index (χ1v) is 11.2. The second-order valence-electron chi connectivity index (χ2n) is 6.73. The largest absolute Gasteiger partial charge is 0.493 e. The van der Waals surface area contributed by atoms with E-state index in [0.29, 0.717) is 31.6 Å². The van der Waals surface area contributed by atoms with Crippen molar-refractivity contribution in [2.75, 3.05) is 7.11 Å². The standard InChI is InChI=1S/C24H18BrFN2O3S/c1-30-20-12-15(11-18(25)22(20)31-14-16-7-5-6-10-19(16)26)13-21-23(29)28-24(32-21)27-17-8-3-2-4-9-17/h2-13H,14H2,1H3,(H,27,28,29)/b21-13-. The van der Waals surface area contributed by atoms with E-state index < -0.39 is 0 Å². The number of amidine groups is 1. The average Bonchev–Trinajstić information content (AvgIpc) is 3.12. The van der Waals surface area contributed by atoms with Gasteiger partial charge in [-0.3, -0.25) is 4.79 Å². The topological polar surface area (TPSA) is 59.9 Å². The minimum atomic E-state index is -0.332. The van der Waals surface area contributed by atoms with Crippen LogP contribution in [0.4, 0.5) is 10.1 Å². The van der Waals surface area contributed by atoms with Crippen LogP contribution in [0.3, 0.4) is 0 Å². The summed E-state index contributed by atoms with van der Waals surface area (Å²) in [6, 6.07) is 19.4. The third-order valence-corrected chi connectivity index (χ3v) is 6.02. The Balaban J connectivity index is 1.55. The number of aliphatic imine (C=N–C) groups is 1. The Kier molecular flexibility index (Phi) is 6.92. The molecule has 1 aliphatic rings. The van der Waals surface area contributed by atoms with Crippen molar-refractivity contribution in [3.8, 4) is 11.5 Å². The molecule has 162 valence electrons. The molecule has 0 aliphatic carbocycles. The van der Waals surface area contributed by atoms with Crippen LogP contribution in [0.2, 0.25) is 0 Å². The van der Waals surface area contributed by atoms with Crippen molar-refractivity contribution in [1.82, 2.24) is 5.32 Å². The van der Waals surface area contributed by atoms with Crippen LogP contribution in [0, 0.1) is 5.82 Å². The molecule has 0 aromatic heterocycles. The van der Waals surface area contributed by atoms with E-state index in [1.165, 1.54) is 24.9 Å². The van der Waals surface area contributed by atoms with Gasteiger partial charge in [0.25, 0.3) is 5.91 Å². The number of nitrogens with zero attached hydrogens (tertiary/aromatic N) is 1. The molecule has 0 spiro atoms. The summed E-state index contributed by atoms with van der Waals surface area (Å²) in [5.41, 5.74) is 1.94. The maximum atomic E-state index is 13.9. The summed E-state index contributed by atoms with van der Waals surface area (Å²) < 4.78 is 25.8. The number of carbonyl (C=O) groups excluding carboxylic acids is 1. The highest BCUT2D eigenvalue weighted by Gasteiger charge is 2.24. The van der Waals surface area contributed by atoms with E-state index in [-0.39, 0.29) is 18.3 Å². The fourth-order valence-corrected chi connectivity index (χ4v) is 4.40. The second kappa shape index (κ2) is 10.0. The van der Waals surface area contributed by atoms with Gasteiger partial charge in [-0.2, -0.15) is 0 Å². The molecule has 8 heteroatoms. The van der Waals surface area contributed by atoms with Crippen LogP contribution in [0.5, 0.6) is 11.5 Å². The van der Waals surface area contributed by atoms with E-state index >= 15 is 0 Å². The Labute approximate surface area is 197 Å².